The number of allylic oxidation sites excluding steroid dienone is 1. The molecule has 5 aliphatic carbocycles. The summed E-state index contributed by atoms with van der Waals surface area (Å²) in [6, 6.07) is 0. The van der Waals surface area contributed by atoms with Gasteiger partial charge >= 0.3 is 0 Å². The number of rotatable bonds is 2. The number of hydrogen-bond acceptors (Lipinski definition) is 1. The largest absolute Gasteiger partial charge is 0.322 e. The van der Waals surface area contributed by atoms with Crippen molar-refractivity contribution < 1.29 is 0 Å². The molecule has 2 N–H and O–H groups in total. The molecule has 88 valence electrons. The highest BCUT2D eigenvalue weighted by molar-refractivity contribution is 5.20. The van der Waals surface area contributed by atoms with E-state index in [0.717, 1.165) is 17.8 Å². The van der Waals surface area contributed by atoms with Crippen molar-refractivity contribution in [1.82, 2.24) is 0 Å². The second-order valence-electron chi connectivity index (χ2n) is 7.35. The summed E-state index contributed by atoms with van der Waals surface area (Å²) in [6.07, 6.45) is 16.4. The van der Waals surface area contributed by atoms with Crippen LogP contribution in [0.5, 0.6) is 0 Å². The van der Waals surface area contributed by atoms with Gasteiger partial charge in [-0.05, 0) is 74.5 Å². The Morgan fingerprint density at radius 3 is 1.75 bits per heavy atom. The van der Waals surface area contributed by atoms with E-state index >= 15 is 0 Å². The van der Waals surface area contributed by atoms with Crippen LogP contribution in [0.3, 0.4) is 0 Å². The van der Waals surface area contributed by atoms with Gasteiger partial charge in [-0.2, -0.15) is 0 Å². The van der Waals surface area contributed by atoms with E-state index in [9.17, 15) is 0 Å². The Kier molecular flexibility index (Phi) is 1.78. The fraction of sp³-hybridized carbons (Fsp3) is 0.867. The van der Waals surface area contributed by atoms with Crippen molar-refractivity contribution in [1.29, 1.82) is 0 Å². The Morgan fingerprint density at radius 2 is 1.31 bits per heavy atom. The lowest BCUT2D eigenvalue weighted by molar-refractivity contribution is -0.0239. The molecule has 0 heterocycles. The molecule has 5 fully saturated rings. The van der Waals surface area contributed by atoms with E-state index in [4.69, 9.17) is 5.73 Å². The van der Waals surface area contributed by atoms with Crippen LogP contribution in [-0.4, -0.2) is 5.54 Å². The first-order valence-corrected chi connectivity index (χ1v) is 7.14. The summed E-state index contributed by atoms with van der Waals surface area (Å²) < 4.78 is 0. The molecule has 0 amide bonds. The van der Waals surface area contributed by atoms with Crippen LogP contribution in [0.25, 0.3) is 0 Å². The number of nitrogens with two attached hydrogens (primary N) is 1. The molecule has 0 spiro atoms. The summed E-state index contributed by atoms with van der Waals surface area (Å²) in [5.41, 5.74) is 6.89. The third-order valence-corrected chi connectivity index (χ3v) is 5.68. The second kappa shape index (κ2) is 2.93. The van der Waals surface area contributed by atoms with E-state index in [2.05, 4.69) is 12.2 Å². The summed E-state index contributed by atoms with van der Waals surface area (Å²) in [5.74, 6) is 3.18. The van der Waals surface area contributed by atoms with Crippen LogP contribution in [0.4, 0.5) is 0 Å². The standard InChI is InChI=1S/C15H23N/c16-15(3-4-15)2-1-14-8-11-5-12(9-14)7-13(6-11)10-14/h1-2,11-13H,3-10,16H2/b2-1+. The molecular formula is C15H23N. The van der Waals surface area contributed by atoms with E-state index < -0.39 is 0 Å². The normalized spacial score (nSPS) is 52.4. The van der Waals surface area contributed by atoms with Crippen LogP contribution in [0.2, 0.25) is 0 Å². The SMILES string of the molecule is NC1(/C=C/C23CC4CC(CC(C4)C2)C3)CC1. The van der Waals surface area contributed by atoms with Crippen molar-refractivity contribution in [2.45, 2.75) is 56.9 Å². The molecule has 0 aliphatic heterocycles. The smallest absolute Gasteiger partial charge is 0.0340 e. The highest BCUT2D eigenvalue weighted by atomic mass is 14.8. The van der Waals surface area contributed by atoms with Gasteiger partial charge in [0.1, 0.15) is 0 Å². The highest BCUT2D eigenvalue weighted by Crippen LogP contribution is 2.60. The summed E-state index contributed by atoms with van der Waals surface area (Å²) >= 11 is 0. The second-order valence-corrected chi connectivity index (χ2v) is 7.35. The first-order chi connectivity index (χ1) is 7.65. The zero-order valence-electron chi connectivity index (χ0n) is 10.1. The summed E-state index contributed by atoms with van der Waals surface area (Å²) in [5, 5.41) is 0. The van der Waals surface area contributed by atoms with Gasteiger partial charge in [-0.1, -0.05) is 12.2 Å². The van der Waals surface area contributed by atoms with Gasteiger partial charge in [-0.3, -0.25) is 0 Å². The molecule has 16 heavy (non-hydrogen) atoms. The highest BCUT2D eigenvalue weighted by Gasteiger charge is 2.50. The van der Waals surface area contributed by atoms with Crippen LogP contribution in [-0.2, 0) is 0 Å². The molecule has 1 nitrogen and oxygen atoms in total. The van der Waals surface area contributed by atoms with Crippen LogP contribution in [0.1, 0.15) is 51.4 Å². The van der Waals surface area contributed by atoms with Crippen molar-refractivity contribution in [2.75, 3.05) is 0 Å². The van der Waals surface area contributed by atoms with Crippen LogP contribution >= 0.6 is 0 Å². The molecule has 0 saturated heterocycles. The minimum Gasteiger partial charge on any atom is -0.322 e. The molecule has 0 aromatic heterocycles. The van der Waals surface area contributed by atoms with E-state index in [1.54, 1.807) is 19.3 Å². The lowest BCUT2D eigenvalue weighted by Gasteiger charge is -2.56. The molecule has 1 heteroatoms. The van der Waals surface area contributed by atoms with Gasteiger partial charge in [0.05, 0.1) is 0 Å². The Labute approximate surface area is 98.5 Å². The molecular weight excluding hydrogens is 194 g/mol. The van der Waals surface area contributed by atoms with Crippen LogP contribution < -0.4 is 5.73 Å². The summed E-state index contributed by atoms with van der Waals surface area (Å²) in [7, 11) is 0. The Morgan fingerprint density at radius 1 is 0.812 bits per heavy atom. The molecule has 5 aliphatic rings. The minimum absolute atomic E-state index is 0.114. The molecule has 0 unspecified atom stereocenters. The zero-order valence-corrected chi connectivity index (χ0v) is 10.1. The first kappa shape index (κ1) is 9.70. The zero-order chi connectivity index (χ0) is 10.8. The molecule has 4 bridgehead atoms. The predicted octanol–water partition coefficient (Wildman–Crippen LogP) is 3.25. The van der Waals surface area contributed by atoms with Crippen molar-refractivity contribution >= 4 is 0 Å². The summed E-state index contributed by atoms with van der Waals surface area (Å²) in [4.78, 5) is 0. The maximum Gasteiger partial charge on any atom is 0.0340 e. The van der Waals surface area contributed by atoms with Gasteiger partial charge in [0, 0.05) is 5.54 Å². The maximum absolute atomic E-state index is 6.19. The van der Waals surface area contributed by atoms with Crippen LogP contribution in [0, 0.1) is 23.2 Å². The lowest BCUT2D eigenvalue weighted by atomic mass is 9.49. The quantitative estimate of drug-likeness (QED) is 0.706. The lowest BCUT2D eigenvalue weighted by Crippen LogP contribution is -2.45. The fourth-order valence-corrected chi connectivity index (χ4v) is 5.04. The average molecular weight is 217 g/mol. The number of hydrogen-bond donors (Lipinski definition) is 1. The Balaban J connectivity index is 1.59. The monoisotopic (exact) mass is 217 g/mol. The average Bonchev–Trinajstić information content (AvgIpc) is 2.93. The third-order valence-electron chi connectivity index (χ3n) is 5.68. The first-order valence-electron chi connectivity index (χ1n) is 7.14. The van der Waals surface area contributed by atoms with Gasteiger partial charge in [0.25, 0.3) is 0 Å². The van der Waals surface area contributed by atoms with Gasteiger partial charge in [-0.25, -0.2) is 0 Å². The van der Waals surface area contributed by atoms with Crippen LogP contribution in [0.15, 0.2) is 12.2 Å². The van der Waals surface area contributed by atoms with Crippen molar-refractivity contribution in [3.05, 3.63) is 12.2 Å². The van der Waals surface area contributed by atoms with Gasteiger partial charge in [0.15, 0.2) is 0 Å². The van der Waals surface area contributed by atoms with Crippen molar-refractivity contribution in [2.24, 2.45) is 28.9 Å². The molecule has 0 atom stereocenters. The maximum atomic E-state index is 6.19. The van der Waals surface area contributed by atoms with E-state index in [0.29, 0.717) is 5.41 Å². The molecule has 0 radical (unpaired) electrons. The van der Waals surface area contributed by atoms with E-state index in [-0.39, 0.29) is 5.54 Å². The molecule has 0 aromatic carbocycles. The molecule has 0 aromatic rings. The molecule has 5 rings (SSSR count). The van der Waals surface area contributed by atoms with Gasteiger partial charge in [-0.15, -0.1) is 0 Å². The third kappa shape index (κ3) is 1.48. The predicted molar refractivity (Wildman–Crippen MR) is 65.9 cm³/mol. The molecule has 5 saturated carbocycles. The van der Waals surface area contributed by atoms with Gasteiger partial charge in [0.2, 0.25) is 0 Å². The van der Waals surface area contributed by atoms with Crippen molar-refractivity contribution in [3.8, 4) is 0 Å². The Bertz CT molecular complexity index is 302. The van der Waals surface area contributed by atoms with E-state index in [1.807, 2.05) is 0 Å². The van der Waals surface area contributed by atoms with Crippen molar-refractivity contribution in [3.63, 3.8) is 0 Å². The summed E-state index contributed by atoms with van der Waals surface area (Å²) in [6.45, 7) is 0. The Hall–Kier alpha value is -0.300. The van der Waals surface area contributed by atoms with Gasteiger partial charge < -0.3 is 5.73 Å². The fourth-order valence-electron chi connectivity index (χ4n) is 5.04. The minimum atomic E-state index is 0.114. The topological polar surface area (TPSA) is 26.0 Å². The van der Waals surface area contributed by atoms with E-state index in [1.165, 1.54) is 32.1 Å².